The molecule has 2 aliphatic heterocycles. The maximum absolute atomic E-state index is 13.9. The third kappa shape index (κ3) is 7.77. The largest absolute Gasteiger partial charge is 0.460 e. The molecule has 1 N–H and O–H groups in total. The molecule has 214 valence electrons. The maximum atomic E-state index is 13.9. The Morgan fingerprint density at radius 1 is 0.829 bits per heavy atom. The fraction of sp³-hybridized carbons (Fsp3) is 0.364. The summed E-state index contributed by atoms with van der Waals surface area (Å²) in [6.45, 7) is 0.339. The second-order valence-electron chi connectivity index (χ2n) is 10.5. The molecule has 3 aromatic carbocycles. The first-order valence-corrected chi connectivity index (χ1v) is 15.3. The number of hydrogen-bond acceptors (Lipinski definition) is 7. The van der Waals surface area contributed by atoms with Gasteiger partial charge in [0.25, 0.3) is 0 Å². The van der Waals surface area contributed by atoms with Gasteiger partial charge in [-0.05, 0) is 48.8 Å². The monoisotopic (exact) mass is 572 g/mol. The van der Waals surface area contributed by atoms with Crippen LogP contribution >= 0.6 is 11.8 Å². The predicted molar refractivity (Wildman–Crippen MR) is 159 cm³/mol. The highest BCUT2D eigenvalue weighted by Gasteiger charge is 2.46. The van der Waals surface area contributed by atoms with Crippen LogP contribution < -0.4 is 5.32 Å². The highest BCUT2D eigenvalue weighted by atomic mass is 32.2. The maximum Gasteiger partial charge on any atom is 0.330 e. The summed E-state index contributed by atoms with van der Waals surface area (Å²) in [7, 11) is 0. The fourth-order valence-electron chi connectivity index (χ4n) is 5.34. The lowest BCUT2D eigenvalue weighted by atomic mass is 10.0. The zero-order valence-electron chi connectivity index (χ0n) is 23.0. The molecule has 1 unspecified atom stereocenters. The summed E-state index contributed by atoms with van der Waals surface area (Å²) in [5.74, 6) is -0.415. The van der Waals surface area contributed by atoms with Gasteiger partial charge < -0.3 is 14.4 Å². The van der Waals surface area contributed by atoms with Crippen molar-refractivity contribution >= 4 is 29.6 Å². The average molecular weight is 573 g/mol. The number of thioether (sulfide) groups is 1. The number of benzene rings is 3. The van der Waals surface area contributed by atoms with Crippen molar-refractivity contribution in [2.45, 2.75) is 68.8 Å². The van der Waals surface area contributed by atoms with Crippen molar-refractivity contribution in [1.82, 2.24) is 10.2 Å². The lowest BCUT2D eigenvalue weighted by Gasteiger charge is -2.30. The molecule has 0 aromatic heterocycles. The number of amides is 1. The first kappa shape index (κ1) is 28.9. The molecule has 0 spiro atoms. The van der Waals surface area contributed by atoms with Gasteiger partial charge >= 0.3 is 11.9 Å². The Bertz CT molecular complexity index is 1290. The SMILES string of the molecule is O=C(OCc1ccccc1)C(CCc1ccccc1)N[C@@H]1CCC[C@@H]2SC[C@H](C(=O)OCc3ccccc3)N2C1=O. The second kappa shape index (κ2) is 14.3. The molecule has 2 aliphatic rings. The fourth-order valence-corrected chi connectivity index (χ4v) is 6.79. The molecule has 4 atom stereocenters. The summed E-state index contributed by atoms with van der Waals surface area (Å²) in [5.41, 5.74) is 2.92. The standard InChI is InChI=1S/C33H36N2O5S/c36-31-27(17-10-18-30-35(31)29(23-41-30)33(38)40-22-26-15-8-3-9-16-26)34-28(20-19-24-11-4-1-5-12-24)32(37)39-21-25-13-6-2-7-14-25/h1-9,11-16,27-30,34H,10,17-23H2/t27-,28?,29-,30+/m1/s1. The Balaban J connectivity index is 1.26. The number of carbonyl (C=O) groups excluding carboxylic acids is 3. The zero-order valence-corrected chi connectivity index (χ0v) is 23.8. The van der Waals surface area contributed by atoms with Crippen LogP contribution in [0.15, 0.2) is 91.0 Å². The van der Waals surface area contributed by atoms with E-state index in [0.29, 0.717) is 25.0 Å². The summed E-state index contributed by atoms with van der Waals surface area (Å²) in [4.78, 5) is 42.1. The Hall–Kier alpha value is -3.62. The first-order valence-electron chi connectivity index (χ1n) is 14.2. The quantitative estimate of drug-likeness (QED) is 0.328. The van der Waals surface area contributed by atoms with E-state index in [2.05, 4.69) is 5.32 Å². The van der Waals surface area contributed by atoms with Gasteiger partial charge in [0.15, 0.2) is 0 Å². The van der Waals surface area contributed by atoms with Crippen molar-refractivity contribution in [2.75, 3.05) is 5.75 Å². The Labute approximate surface area is 245 Å². The minimum atomic E-state index is -0.664. The smallest absolute Gasteiger partial charge is 0.330 e. The molecule has 7 nitrogen and oxygen atoms in total. The van der Waals surface area contributed by atoms with Crippen molar-refractivity contribution in [2.24, 2.45) is 0 Å². The van der Waals surface area contributed by atoms with Gasteiger partial charge in [-0.3, -0.25) is 14.9 Å². The first-order chi connectivity index (χ1) is 20.1. The van der Waals surface area contributed by atoms with E-state index in [1.165, 1.54) is 0 Å². The summed E-state index contributed by atoms with van der Waals surface area (Å²) in [6.07, 6.45) is 3.35. The molecule has 2 saturated heterocycles. The van der Waals surface area contributed by atoms with Crippen LogP contribution in [0.25, 0.3) is 0 Å². The van der Waals surface area contributed by atoms with Gasteiger partial charge in [0.05, 0.1) is 11.4 Å². The topological polar surface area (TPSA) is 84.9 Å². The van der Waals surface area contributed by atoms with Crippen molar-refractivity contribution in [3.63, 3.8) is 0 Å². The molecule has 41 heavy (non-hydrogen) atoms. The van der Waals surface area contributed by atoms with E-state index in [1.54, 1.807) is 16.7 Å². The molecule has 0 bridgehead atoms. The van der Waals surface area contributed by atoms with Gasteiger partial charge in [-0.25, -0.2) is 4.79 Å². The lowest BCUT2D eigenvalue weighted by molar-refractivity contribution is -0.156. The molecular weight excluding hydrogens is 536 g/mol. The molecule has 3 aromatic rings. The number of esters is 2. The van der Waals surface area contributed by atoms with E-state index in [9.17, 15) is 14.4 Å². The molecule has 8 heteroatoms. The minimum absolute atomic E-state index is 0.0728. The number of carbonyl (C=O) groups is 3. The molecule has 1 amide bonds. The van der Waals surface area contributed by atoms with E-state index in [4.69, 9.17) is 9.47 Å². The third-order valence-electron chi connectivity index (χ3n) is 7.56. The van der Waals surface area contributed by atoms with Crippen molar-refractivity contribution in [1.29, 1.82) is 0 Å². The van der Waals surface area contributed by atoms with Gasteiger partial charge in [0.1, 0.15) is 25.3 Å². The normalized spacial score (nSPS) is 21.0. The van der Waals surface area contributed by atoms with Crippen LogP contribution in [0.5, 0.6) is 0 Å². The van der Waals surface area contributed by atoms with E-state index in [1.807, 2.05) is 91.0 Å². The number of nitrogens with one attached hydrogen (secondary N) is 1. The van der Waals surface area contributed by atoms with Crippen LogP contribution in [0.3, 0.4) is 0 Å². The number of rotatable bonds is 11. The number of fused-ring (bicyclic) bond motifs is 1. The van der Waals surface area contributed by atoms with E-state index in [-0.39, 0.29) is 36.4 Å². The average Bonchev–Trinajstić information content (AvgIpc) is 3.38. The van der Waals surface area contributed by atoms with Crippen LogP contribution in [0, 0.1) is 0 Å². The summed E-state index contributed by atoms with van der Waals surface area (Å²) < 4.78 is 11.3. The van der Waals surface area contributed by atoms with Crippen LogP contribution in [0.1, 0.15) is 42.4 Å². The molecule has 0 radical (unpaired) electrons. The van der Waals surface area contributed by atoms with E-state index in [0.717, 1.165) is 29.5 Å². The van der Waals surface area contributed by atoms with Gasteiger partial charge in [0, 0.05) is 5.75 Å². The number of nitrogens with zero attached hydrogens (tertiary/aromatic N) is 1. The molecule has 2 heterocycles. The highest BCUT2D eigenvalue weighted by Crippen LogP contribution is 2.36. The lowest BCUT2D eigenvalue weighted by Crippen LogP contribution is -2.55. The summed E-state index contributed by atoms with van der Waals surface area (Å²) in [6, 6.07) is 27.2. The molecule has 5 rings (SSSR count). The van der Waals surface area contributed by atoms with E-state index >= 15 is 0 Å². The Morgan fingerprint density at radius 3 is 2.05 bits per heavy atom. The van der Waals surface area contributed by atoms with Crippen molar-refractivity contribution in [3.05, 3.63) is 108 Å². The Morgan fingerprint density at radius 2 is 1.41 bits per heavy atom. The van der Waals surface area contributed by atoms with Crippen LogP contribution in [-0.2, 0) is 43.5 Å². The molecule has 2 fully saturated rings. The third-order valence-corrected chi connectivity index (χ3v) is 8.92. The summed E-state index contributed by atoms with van der Waals surface area (Å²) in [5, 5.41) is 3.28. The van der Waals surface area contributed by atoms with Gasteiger partial charge in [-0.2, -0.15) is 0 Å². The van der Waals surface area contributed by atoms with E-state index < -0.39 is 18.1 Å². The summed E-state index contributed by atoms with van der Waals surface area (Å²) >= 11 is 1.63. The van der Waals surface area contributed by atoms with Crippen LogP contribution in [0.2, 0.25) is 0 Å². The highest BCUT2D eigenvalue weighted by molar-refractivity contribution is 8.00. The zero-order chi connectivity index (χ0) is 28.4. The molecule has 0 saturated carbocycles. The van der Waals surface area contributed by atoms with Gasteiger partial charge in [-0.1, -0.05) is 91.0 Å². The molecular formula is C33H36N2O5S. The number of ether oxygens (including phenoxy) is 2. The van der Waals surface area contributed by atoms with Crippen LogP contribution in [0.4, 0.5) is 0 Å². The van der Waals surface area contributed by atoms with Crippen molar-refractivity contribution in [3.8, 4) is 0 Å². The number of hydrogen-bond donors (Lipinski definition) is 1. The number of aryl methyl sites for hydroxylation is 1. The Kier molecular flexibility index (Phi) is 10.1. The second-order valence-corrected chi connectivity index (χ2v) is 11.7. The predicted octanol–water partition coefficient (Wildman–Crippen LogP) is 4.89. The van der Waals surface area contributed by atoms with Gasteiger partial charge in [0.2, 0.25) is 5.91 Å². The van der Waals surface area contributed by atoms with Crippen LogP contribution in [-0.4, -0.2) is 52.0 Å². The van der Waals surface area contributed by atoms with Gasteiger partial charge in [-0.15, -0.1) is 11.8 Å². The molecule has 0 aliphatic carbocycles. The minimum Gasteiger partial charge on any atom is -0.460 e. The van der Waals surface area contributed by atoms with Crippen molar-refractivity contribution < 1.29 is 23.9 Å².